The first-order valence-corrected chi connectivity index (χ1v) is 9.73. The van der Waals surface area contributed by atoms with Gasteiger partial charge in [0.25, 0.3) is 0 Å². The number of carbonyl (C=O) groups excluding carboxylic acids is 1. The highest BCUT2D eigenvalue weighted by atomic mass is 16.6. The zero-order valence-electron chi connectivity index (χ0n) is 15.5. The van der Waals surface area contributed by atoms with Crippen LogP contribution in [0.5, 0.6) is 11.5 Å². The second-order valence-corrected chi connectivity index (χ2v) is 8.35. The van der Waals surface area contributed by atoms with Crippen molar-refractivity contribution in [3.8, 4) is 11.5 Å². The van der Waals surface area contributed by atoms with Crippen LogP contribution in [0.3, 0.4) is 0 Å². The van der Waals surface area contributed by atoms with E-state index < -0.39 is 0 Å². The minimum Gasteiger partial charge on any atom is -0.493 e. The lowest BCUT2D eigenvalue weighted by Gasteiger charge is -2.47. The first kappa shape index (κ1) is 16.2. The number of rotatable bonds is 3. The van der Waals surface area contributed by atoms with Crippen molar-refractivity contribution in [3.63, 3.8) is 0 Å². The van der Waals surface area contributed by atoms with E-state index in [1.807, 2.05) is 6.08 Å². The number of benzene rings is 1. The minimum atomic E-state index is -0.279. The maximum atomic E-state index is 12.9. The molecule has 1 aromatic carbocycles. The number of hydrogen-bond donors (Lipinski definition) is 0. The molecule has 6 atom stereocenters. The monoisotopic (exact) mass is 354 g/mol. The highest BCUT2D eigenvalue weighted by Crippen LogP contribution is 2.65. The van der Waals surface area contributed by atoms with Crippen molar-refractivity contribution in [1.82, 2.24) is 0 Å². The Morgan fingerprint density at radius 2 is 1.96 bits per heavy atom. The Bertz CT molecular complexity index is 785. The Hall–Kier alpha value is -1.97. The summed E-state index contributed by atoms with van der Waals surface area (Å²) in [6, 6.07) is 4.22. The van der Waals surface area contributed by atoms with Crippen molar-refractivity contribution in [2.24, 2.45) is 23.7 Å². The second-order valence-electron chi connectivity index (χ2n) is 8.35. The van der Waals surface area contributed by atoms with Crippen LogP contribution in [0.1, 0.15) is 42.7 Å². The van der Waals surface area contributed by atoms with Crippen molar-refractivity contribution < 1.29 is 19.0 Å². The fourth-order valence-corrected chi connectivity index (χ4v) is 6.64. The van der Waals surface area contributed by atoms with Crippen LogP contribution in [0.25, 0.3) is 0 Å². The predicted octanol–water partition coefficient (Wildman–Crippen LogP) is 3.88. The summed E-state index contributed by atoms with van der Waals surface area (Å²) >= 11 is 0. The SMILES string of the molecule is C=C[C@@H]1CC[C@H]2[C@@H]3CCc4cc(OC)c(OC)cc4[C@H]3[C@H]3C[C@@]12OC3=O. The van der Waals surface area contributed by atoms with Gasteiger partial charge in [0, 0.05) is 24.2 Å². The van der Waals surface area contributed by atoms with E-state index in [-0.39, 0.29) is 23.4 Å². The molecule has 5 rings (SSSR count). The maximum Gasteiger partial charge on any atom is 0.310 e. The third-order valence-electron chi connectivity index (χ3n) is 7.62. The van der Waals surface area contributed by atoms with Crippen molar-refractivity contribution in [1.29, 1.82) is 0 Å². The van der Waals surface area contributed by atoms with E-state index in [0.29, 0.717) is 17.8 Å². The van der Waals surface area contributed by atoms with E-state index in [9.17, 15) is 4.79 Å². The van der Waals surface area contributed by atoms with Gasteiger partial charge in [0.15, 0.2) is 11.5 Å². The van der Waals surface area contributed by atoms with Gasteiger partial charge in [-0.25, -0.2) is 0 Å². The van der Waals surface area contributed by atoms with E-state index in [2.05, 4.69) is 18.7 Å². The first-order chi connectivity index (χ1) is 12.6. The lowest BCUT2D eigenvalue weighted by molar-refractivity contribution is -0.154. The Balaban J connectivity index is 1.63. The highest BCUT2D eigenvalue weighted by Gasteiger charge is 2.67. The molecule has 1 spiro atoms. The molecule has 0 unspecified atom stereocenters. The summed E-state index contributed by atoms with van der Waals surface area (Å²) in [5.41, 5.74) is 2.30. The summed E-state index contributed by atoms with van der Waals surface area (Å²) in [5, 5.41) is 0. The van der Waals surface area contributed by atoms with Gasteiger partial charge in [-0.05, 0) is 54.9 Å². The largest absolute Gasteiger partial charge is 0.493 e. The second kappa shape index (κ2) is 5.51. The average molecular weight is 354 g/mol. The van der Waals surface area contributed by atoms with Crippen LogP contribution in [-0.4, -0.2) is 25.8 Å². The molecule has 26 heavy (non-hydrogen) atoms. The van der Waals surface area contributed by atoms with Crippen LogP contribution < -0.4 is 9.47 Å². The summed E-state index contributed by atoms with van der Waals surface area (Å²) in [6.07, 6.45) is 7.26. The molecule has 2 saturated carbocycles. The smallest absolute Gasteiger partial charge is 0.310 e. The van der Waals surface area contributed by atoms with Gasteiger partial charge < -0.3 is 14.2 Å². The normalized spacial score (nSPS) is 39.5. The number of ether oxygens (including phenoxy) is 3. The van der Waals surface area contributed by atoms with Crippen LogP contribution in [0, 0.1) is 23.7 Å². The minimum absolute atomic E-state index is 0.00103. The van der Waals surface area contributed by atoms with Crippen LogP contribution in [0.15, 0.2) is 24.8 Å². The van der Waals surface area contributed by atoms with Crippen LogP contribution in [0.2, 0.25) is 0 Å². The summed E-state index contributed by atoms with van der Waals surface area (Å²) in [4.78, 5) is 12.9. The van der Waals surface area contributed by atoms with Crippen molar-refractivity contribution >= 4 is 5.97 Å². The molecule has 4 heteroatoms. The predicted molar refractivity (Wildman–Crippen MR) is 97.4 cm³/mol. The molecular formula is C22H26O4. The lowest BCUT2D eigenvalue weighted by atomic mass is 9.55. The topological polar surface area (TPSA) is 44.8 Å². The van der Waals surface area contributed by atoms with E-state index in [0.717, 1.165) is 43.6 Å². The molecular weight excluding hydrogens is 328 g/mol. The fourth-order valence-electron chi connectivity index (χ4n) is 6.64. The zero-order chi connectivity index (χ0) is 18.1. The highest BCUT2D eigenvalue weighted by molar-refractivity contribution is 5.78. The van der Waals surface area contributed by atoms with Gasteiger partial charge in [0.05, 0.1) is 20.1 Å². The zero-order valence-corrected chi connectivity index (χ0v) is 15.5. The molecule has 3 fully saturated rings. The Morgan fingerprint density at radius 1 is 1.19 bits per heavy atom. The lowest BCUT2D eigenvalue weighted by Crippen LogP contribution is -2.48. The number of aryl methyl sites for hydroxylation is 1. The van der Waals surface area contributed by atoms with E-state index in [1.165, 1.54) is 11.1 Å². The standard InChI is InChI=1S/C22H26O4/c1-4-13-6-8-17-14-7-5-12-9-18(24-2)19(25-3)10-15(12)20(14)16-11-22(13,17)26-21(16)23/h4,9-10,13-14,16-17,20H,1,5-8,11H2,2-3H3/t13-,14+,16-,17+,20+,22-/m1/s1. The number of esters is 1. The Labute approximate surface area is 154 Å². The molecule has 3 aliphatic carbocycles. The molecule has 0 amide bonds. The summed E-state index contributed by atoms with van der Waals surface area (Å²) < 4.78 is 17.2. The van der Waals surface area contributed by atoms with E-state index in [1.54, 1.807) is 14.2 Å². The summed E-state index contributed by atoms with van der Waals surface area (Å²) in [7, 11) is 3.35. The van der Waals surface area contributed by atoms with Gasteiger partial charge >= 0.3 is 5.97 Å². The van der Waals surface area contributed by atoms with Crippen molar-refractivity contribution in [2.75, 3.05) is 14.2 Å². The molecule has 0 N–H and O–H groups in total. The molecule has 1 saturated heterocycles. The number of hydrogen-bond acceptors (Lipinski definition) is 4. The number of methoxy groups -OCH3 is 2. The maximum absolute atomic E-state index is 12.9. The fraction of sp³-hybridized carbons (Fsp3) is 0.591. The molecule has 2 bridgehead atoms. The molecule has 138 valence electrons. The third-order valence-corrected chi connectivity index (χ3v) is 7.62. The van der Waals surface area contributed by atoms with Gasteiger partial charge in [-0.1, -0.05) is 6.08 Å². The number of carbonyl (C=O) groups is 1. The van der Waals surface area contributed by atoms with Gasteiger partial charge in [-0.3, -0.25) is 4.79 Å². The molecule has 4 aliphatic rings. The van der Waals surface area contributed by atoms with Crippen LogP contribution >= 0.6 is 0 Å². The first-order valence-electron chi connectivity index (χ1n) is 9.73. The molecule has 1 aliphatic heterocycles. The average Bonchev–Trinajstić information content (AvgIpc) is 3.17. The molecule has 1 aromatic rings. The van der Waals surface area contributed by atoms with Crippen LogP contribution in [0.4, 0.5) is 0 Å². The molecule has 0 aromatic heterocycles. The van der Waals surface area contributed by atoms with Crippen molar-refractivity contribution in [2.45, 2.75) is 43.6 Å². The third kappa shape index (κ3) is 1.88. The summed E-state index contributed by atoms with van der Waals surface area (Å²) in [5.74, 6) is 3.02. The van der Waals surface area contributed by atoms with Gasteiger partial charge in [-0.2, -0.15) is 0 Å². The van der Waals surface area contributed by atoms with Crippen molar-refractivity contribution in [3.05, 3.63) is 35.9 Å². The van der Waals surface area contributed by atoms with Crippen LogP contribution in [-0.2, 0) is 16.0 Å². The van der Waals surface area contributed by atoms with Gasteiger partial charge in [0.1, 0.15) is 5.60 Å². The molecule has 1 heterocycles. The van der Waals surface area contributed by atoms with E-state index >= 15 is 0 Å². The Morgan fingerprint density at radius 3 is 2.69 bits per heavy atom. The number of fused-ring (bicyclic) bond motifs is 6. The van der Waals surface area contributed by atoms with Gasteiger partial charge in [0.2, 0.25) is 0 Å². The van der Waals surface area contributed by atoms with Gasteiger partial charge in [-0.15, -0.1) is 6.58 Å². The summed E-state index contributed by atoms with van der Waals surface area (Å²) in [6.45, 7) is 4.03. The van der Waals surface area contributed by atoms with E-state index in [4.69, 9.17) is 14.2 Å². The Kier molecular flexibility index (Phi) is 3.44. The molecule has 0 radical (unpaired) electrons. The molecule has 4 nitrogen and oxygen atoms in total. The quantitative estimate of drug-likeness (QED) is 0.610.